The zero-order valence-electron chi connectivity index (χ0n) is 6.61. The van der Waals surface area contributed by atoms with Gasteiger partial charge in [0.1, 0.15) is 0 Å². The Labute approximate surface area is 69.6 Å². The van der Waals surface area contributed by atoms with E-state index < -0.39 is 0 Å². The molecule has 59 valence electrons. The molecule has 1 heterocycles. The average molecular weight is 159 g/mol. The van der Waals surface area contributed by atoms with E-state index in [0.29, 0.717) is 5.56 Å². The van der Waals surface area contributed by atoms with E-state index in [1.165, 1.54) is 0 Å². The number of hydrogen-bond donors (Lipinski definition) is 0. The van der Waals surface area contributed by atoms with Crippen LogP contribution in [0.3, 0.4) is 0 Å². The molecule has 0 aliphatic heterocycles. The lowest BCUT2D eigenvalue weighted by Gasteiger charge is -1.87. The second kappa shape index (κ2) is 2.44. The van der Waals surface area contributed by atoms with Crippen LogP contribution in [0.15, 0.2) is 24.4 Å². The molecule has 1 radical (unpaired) electrons. The highest BCUT2D eigenvalue weighted by Gasteiger charge is 1.98. The predicted molar refractivity (Wildman–Crippen MR) is 45.5 cm³/mol. The summed E-state index contributed by atoms with van der Waals surface area (Å²) in [4.78, 5) is 10.3. The van der Waals surface area contributed by atoms with Crippen molar-refractivity contribution in [2.24, 2.45) is 7.05 Å². The van der Waals surface area contributed by atoms with Crippen molar-refractivity contribution in [3.8, 4) is 0 Å². The number of aryl methyl sites for hydroxylation is 1. The molecule has 0 aliphatic carbocycles. The molecule has 1 aromatic heterocycles. The van der Waals surface area contributed by atoms with Crippen LogP contribution < -0.4 is 0 Å². The van der Waals surface area contributed by atoms with Gasteiger partial charge < -0.3 is 0 Å². The van der Waals surface area contributed by atoms with Gasteiger partial charge in [-0.3, -0.25) is 9.48 Å². The molecule has 12 heavy (non-hydrogen) atoms. The van der Waals surface area contributed by atoms with Gasteiger partial charge in [-0.2, -0.15) is 5.10 Å². The molecule has 1 aromatic carbocycles. The van der Waals surface area contributed by atoms with Gasteiger partial charge in [0.25, 0.3) is 0 Å². The van der Waals surface area contributed by atoms with Crippen molar-refractivity contribution in [1.29, 1.82) is 0 Å². The fourth-order valence-corrected chi connectivity index (χ4v) is 1.20. The normalized spacial score (nSPS) is 10.4. The molecule has 2 aromatic rings. The standard InChI is InChI=1S/C9H7N2O/c1-11-5-8-3-2-7(6-12)4-9(8)10-11/h2-5H,1H3. The Hall–Kier alpha value is -1.64. The molecule has 0 atom stereocenters. The summed E-state index contributed by atoms with van der Waals surface area (Å²) in [5.41, 5.74) is 1.37. The third-order valence-corrected chi connectivity index (χ3v) is 1.74. The molecule has 2 rings (SSSR count). The number of nitrogens with zero attached hydrogens (tertiary/aromatic N) is 2. The molecule has 0 fully saturated rings. The topological polar surface area (TPSA) is 34.9 Å². The third kappa shape index (κ3) is 0.993. The van der Waals surface area contributed by atoms with Crippen LogP contribution in [0.1, 0.15) is 5.56 Å². The molecule has 0 unspecified atom stereocenters. The molecular formula is C9H7N2O. The SMILES string of the molecule is Cn1cc2ccc([C]=O)cc2n1. The average Bonchev–Trinajstić information content (AvgIpc) is 2.43. The maximum atomic E-state index is 10.3. The van der Waals surface area contributed by atoms with Gasteiger partial charge in [0.05, 0.1) is 5.52 Å². The summed E-state index contributed by atoms with van der Waals surface area (Å²) in [6, 6.07) is 5.32. The van der Waals surface area contributed by atoms with E-state index in [9.17, 15) is 4.79 Å². The fourth-order valence-electron chi connectivity index (χ4n) is 1.20. The van der Waals surface area contributed by atoms with Crippen molar-refractivity contribution < 1.29 is 4.79 Å². The molecule has 0 spiro atoms. The number of benzene rings is 1. The maximum absolute atomic E-state index is 10.3. The first kappa shape index (κ1) is 7.03. The summed E-state index contributed by atoms with van der Waals surface area (Å²) in [6.07, 6.45) is 3.74. The number of rotatable bonds is 1. The van der Waals surface area contributed by atoms with Crippen molar-refractivity contribution in [2.45, 2.75) is 0 Å². The summed E-state index contributed by atoms with van der Waals surface area (Å²) < 4.78 is 1.72. The molecule has 0 bridgehead atoms. The predicted octanol–water partition coefficient (Wildman–Crippen LogP) is 1.03. The Balaban J connectivity index is 2.74. The Morgan fingerprint density at radius 3 is 3.08 bits per heavy atom. The van der Waals surface area contributed by atoms with Crippen molar-refractivity contribution in [3.05, 3.63) is 30.0 Å². The summed E-state index contributed by atoms with van der Waals surface area (Å²) >= 11 is 0. The third-order valence-electron chi connectivity index (χ3n) is 1.74. The Morgan fingerprint density at radius 2 is 2.33 bits per heavy atom. The molecule has 0 aliphatic rings. The van der Waals surface area contributed by atoms with Crippen LogP contribution in [-0.4, -0.2) is 16.1 Å². The highest BCUT2D eigenvalue weighted by molar-refractivity contribution is 5.86. The lowest BCUT2D eigenvalue weighted by Crippen LogP contribution is -1.85. The van der Waals surface area contributed by atoms with Gasteiger partial charge >= 0.3 is 0 Å². The van der Waals surface area contributed by atoms with Crippen LogP contribution in [0, 0.1) is 0 Å². The molecule has 0 saturated heterocycles. The van der Waals surface area contributed by atoms with E-state index in [1.807, 2.05) is 25.6 Å². The highest BCUT2D eigenvalue weighted by atomic mass is 16.1. The van der Waals surface area contributed by atoms with E-state index in [4.69, 9.17) is 0 Å². The van der Waals surface area contributed by atoms with Crippen molar-refractivity contribution in [1.82, 2.24) is 9.78 Å². The quantitative estimate of drug-likeness (QED) is 0.623. The van der Waals surface area contributed by atoms with Crippen LogP contribution in [0.5, 0.6) is 0 Å². The van der Waals surface area contributed by atoms with Crippen LogP contribution in [0.25, 0.3) is 10.9 Å². The van der Waals surface area contributed by atoms with E-state index in [-0.39, 0.29) is 0 Å². The summed E-state index contributed by atoms with van der Waals surface area (Å²) in [7, 11) is 1.85. The molecule has 0 amide bonds. The first-order chi connectivity index (χ1) is 5.79. The highest BCUT2D eigenvalue weighted by Crippen LogP contribution is 2.12. The van der Waals surface area contributed by atoms with E-state index >= 15 is 0 Å². The zero-order chi connectivity index (χ0) is 8.55. The monoisotopic (exact) mass is 159 g/mol. The maximum Gasteiger partial charge on any atom is 0.233 e. The van der Waals surface area contributed by atoms with Gasteiger partial charge in [0, 0.05) is 24.2 Å². The minimum atomic E-state index is 0.543. The largest absolute Gasteiger partial charge is 0.285 e. The number of aromatic nitrogens is 2. The molecule has 0 N–H and O–H groups in total. The van der Waals surface area contributed by atoms with Gasteiger partial charge in [-0.1, -0.05) is 12.1 Å². The van der Waals surface area contributed by atoms with Crippen molar-refractivity contribution in [2.75, 3.05) is 0 Å². The van der Waals surface area contributed by atoms with Crippen molar-refractivity contribution >= 4 is 17.2 Å². The smallest absolute Gasteiger partial charge is 0.233 e. The summed E-state index contributed by atoms with van der Waals surface area (Å²) in [5.74, 6) is 0. The first-order valence-corrected chi connectivity index (χ1v) is 3.61. The number of fused-ring (bicyclic) bond motifs is 1. The first-order valence-electron chi connectivity index (χ1n) is 3.61. The van der Waals surface area contributed by atoms with Crippen LogP contribution in [0.4, 0.5) is 0 Å². The van der Waals surface area contributed by atoms with E-state index in [2.05, 4.69) is 5.10 Å². The van der Waals surface area contributed by atoms with Gasteiger partial charge in [0.15, 0.2) is 0 Å². The molecule has 3 heteroatoms. The second-order valence-corrected chi connectivity index (χ2v) is 2.68. The fraction of sp³-hybridized carbons (Fsp3) is 0.111. The van der Waals surface area contributed by atoms with Crippen LogP contribution >= 0.6 is 0 Å². The van der Waals surface area contributed by atoms with Crippen molar-refractivity contribution in [3.63, 3.8) is 0 Å². The number of carbonyl (C=O) groups excluding carboxylic acids is 1. The lowest BCUT2D eigenvalue weighted by atomic mass is 10.2. The lowest BCUT2D eigenvalue weighted by molar-refractivity contribution is 0.563. The minimum Gasteiger partial charge on any atom is -0.285 e. The van der Waals surface area contributed by atoms with Gasteiger partial charge in [-0.25, -0.2) is 0 Å². The van der Waals surface area contributed by atoms with Crippen LogP contribution in [0.2, 0.25) is 0 Å². The van der Waals surface area contributed by atoms with Crippen LogP contribution in [-0.2, 0) is 11.8 Å². The Morgan fingerprint density at radius 1 is 1.50 bits per heavy atom. The van der Waals surface area contributed by atoms with Gasteiger partial charge in [0.2, 0.25) is 6.29 Å². The number of hydrogen-bond acceptors (Lipinski definition) is 2. The molecule has 0 saturated carbocycles. The minimum absolute atomic E-state index is 0.543. The summed E-state index contributed by atoms with van der Waals surface area (Å²) in [5, 5.41) is 5.20. The second-order valence-electron chi connectivity index (χ2n) is 2.68. The van der Waals surface area contributed by atoms with Gasteiger partial charge in [-0.05, 0) is 6.07 Å². The molecule has 3 nitrogen and oxygen atoms in total. The Bertz CT molecular complexity index is 431. The Kier molecular flexibility index (Phi) is 1.43. The van der Waals surface area contributed by atoms with E-state index in [0.717, 1.165) is 10.9 Å². The molecular weight excluding hydrogens is 152 g/mol. The zero-order valence-corrected chi connectivity index (χ0v) is 6.61. The van der Waals surface area contributed by atoms with E-state index in [1.54, 1.807) is 16.8 Å². The van der Waals surface area contributed by atoms with Gasteiger partial charge in [-0.15, -0.1) is 0 Å². The summed E-state index contributed by atoms with van der Waals surface area (Å²) in [6.45, 7) is 0.